The highest BCUT2D eigenvalue weighted by atomic mass is 35.5. The molecule has 0 unspecified atom stereocenters. The predicted molar refractivity (Wildman–Crippen MR) is 82.0 cm³/mol. The molecule has 5 nitrogen and oxygen atoms in total. The maximum Gasteiger partial charge on any atom is 0.335 e. The van der Waals surface area contributed by atoms with Gasteiger partial charge in [-0.1, -0.05) is 18.0 Å². The summed E-state index contributed by atoms with van der Waals surface area (Å²) in [5.74, 6) is -0.472. The molecular formula is C15H19ClN2O3. The average Bonchev–Trinajstić information content (AvgIpc) is 2.39. The van der Waals surface area contributed by atoms with E-state index in [2.05, 4.69) is 5.32 Å². The first-order chi connectivity index (χ1) is 10.0. The van der Waals surface area contributed by atoms with E-state index in [0.717, 1.165) is 6.54 Å². The summed E-state index contributed by atoms with van der Waals surface area (Å²) in [6.45, 7) is 3.27. The molecule has 2 rings (SSSR count). The first kappa shape index (κ1) is 15.6. The number of benzene rings is 1. The number of rotatable bonds is 5. The Morgan fingerprint density at radius 1 is 1.43 bits per heavy atom. The maximum atomic E-state index is 12.3. The lowest BCUT2D eigenvalue weighted by molar-refractivity contribution is 0.0697. The van der Waals surface area contributed by atoms with Gasteiger partial charge in [-0.2, -0.15) is 0 Å². The molecule has 1 aliphatic rings. The van der Waals surface area contributed by atoms with Crippen molar-refractivity contribution in [3.8, 4) is 0 Å². The Morgan fingerprint density at radius 2 is 2.14 bits per heavy atom. The van der Waals surface area contributed by atoms with Crippen LogP contribution < -0.4 is 5.32 Å². The Bertz CT molecular complexity index is 544. The molecule has 6 heteroatoms. The van der Waals surface area contributed by atoms with Crippen LogP contribution in [0.1, 0.15) is 36.5 Å². The third kappa shape index (κ3) is 3.88. The normalized spacial score (nSPS) is 14.4. The number of urea groups is 1. The number of carbonyl (C=O) groups excluding carboxylic acids is 1. The topological polar surface area (TPSA) is 69.6 Å². The first-order valence-electron chi connectivity index (χ1n) is 7.10. The number of carbonyl (C=O) groups is 2. The smallest absolute Gasteiger partial charge is 0.335 e. The Labute approximate surface area is 128 Å². The minimum atomic E-state index is -1.05. The van der Waals surface area contributed by atoms with E-state index in [1.165, 1.54) is 37.5 Å². The zero-order valence-corrected chi connectivity index (χ0v) is 12.7. The summed E-state index contributed by atoms with van der Waals surface area (Å²) < 4.78 is 0. The summed E-state index contributed by atoms with van der Waals surface area (Å²) >= 11 is 6.01. The molecule has 1 aromatic rings. The van der Waals surface area contributed by atoms with Crippen LogP contribution in [0.25, 0.3) is 0 Å². The van der Waals surface area contributed by atoms with Crippen LogP contribution in [0.5, 0.6) is 0 Å². The van der Waals surface area contributed by atoms with Gasteiger partial charge in [0.25, 0.3) is 0 Å². The van der Waals surface area contributed by atoms with Crippen molar-refractivity contribution >= 4 is 29.3 Å². The minimum absolute atomic E-state index is 0.0942. The minimum Gasteiger partial charge on any atom is -0.478 e. The molecule has 0 saturated heterocycles. The Morgan fingerprint density at radius 3 is 2.67 bits per heavy atom. The molecule has 0 aliphatic heterocycles. The quantitative estimate of drug-likeness (QED) is 0.871. The van der Waals surface area contributed by atoms with Gasteiger partial charge in [0.1, 0.15) is 0 Å². The summed E-state index contributed by atoms with van der Waals surface area (Å²) in [5.41, 5.74) is 0.422. The van der Waals surface area contributed by atoms with Gasteiger partial charge in [-0.05, 0) is 43.9 Å². The van der Waals surface area contributed by atoms with Gasteiger partial charge in [0.15, 0.2) is 0 Å². The number of nitrogens with zero attached hydrogens (tertiary/aromatic N) is 1. The average molecular weight is 311 g/mol. The van der Waals surface area contributed by atoms with E-state index >= 15 is 0 Å². The first-order valence-corrected chi connectivity index (χ1v) is 7.47. The van der Waals surface area contributed by atoms with E-state index in [9.17, 15) is 9.59 Å². The molecule has 1 saturated carbocycles. The molecule has 1 fully saturated rings. The SMILES string of the molecule is CCN(CC1CCC1)C(=O)Nc1cc(C(=O)O)ccc1Cl. The van der Waals surface area contributed by atoms with Crippen molar-refractivity contribution in [2.24, 2.45) is 5.92 Å². The van der Waals surface area contributed by atoms with Gasteiger partial charge in [0.2, 0.25) is 0 Å². The summed E-state index contributed by atoms with van der Waals surface area (Å²) in [6.07, 6.45) is 3.56. The molecule has 114 valence electrons. The lowest BCUT2D eigenvalue weighted by Crippen LogP contribution is -2.40. The van der Waals surface area contributed by atoms with Crippen LogP contribution in [0.4, 0.5) is 10.5 Å². The third-order valence-electron chi connectivity index (χ3n) is 3.83. The fraction of sp³-hybridized carbons (Fsp3) is 0.467. The Balaban J connectivity index is 2.06. The molecule has 0 radical (unpaired) electrons. The van der Waals surface area contributed by atoms with Crippen LogP contribution in [0.3, 0.4) is 0 Å². The van der Waals surface area contributed by atoms with Crippen molar-refractivity contribution in [3.05, 3.63) is 28.8 Å². The second kappa shape index (κ2) is 6.80. The van der Waals surface area contributed by atoms with Gasteiger partial charge in [-0.25, -0.2) is 9.59 Å². The van der Waals surface area contributed by atoms with Crippen molar-refractivity contribution in [2.45, 2.75) is 26.2 Å². The summed E-state index contributed by atoms with van der Waals surface area (Å²) in [5, 5.41) is 12.0. The predicted octanol–water partition coefficient (Wildman–Crippen LogP) is 3.69. The highest BCUT2D eigenvalue weighted by molar-refractivity contribution is 6.33. The molecule has 1 aliphatic carbocycles. The van der Waals surface area contributed by atoms with Crippen LogP contribution in [0.15, 0.2) is 18.2 Å². The van der Waals surface area contributed by atoms with E-state index < -0.39 is 5.97 Å². The second-order valence-corrected chi connectivity index (χ2v) is 5.67. The number of halogens is 1. The molecule has 1 aromatic carbocycles. The molecule has 2 amide bonds. The molecule has 0 aromatic heterocycles. The van der Waals surface area contributed by atoms with Gasteiger partial charge >= 0.3 is 12.0 Å². The highest BCUT2D eigenvalue weighted by Gasteiger charge is 2.23. The number of anilines is 1. The summed E-state index contributed by atoms with van der Waals surface area (Å²) in [4.78, 5) is 25.0. The van der Waals surface area contributed by atoms with E-state index in [-0.39, 0.29) is 11.6 Å². The molecule has 0 bridgehead atoms. The van der Waals surface area contributed by atoms with Crippen LogP contribution in [0.2, 0.25) is 5.02 Å². The number of carboxylic acid groups (broad SMARTS) is 1. The molecule has 0 heterocycles. The van der Waals surface area contributed by atoms with Crippen molar-refractivity contribution in [3.63, 3.8) is 0 Å². The summed E-state index contributed by atoms with van der Waals surface area (Å²) in [6, 6.07) is 4.02. The van der Waals surface area contributed by atoms with E-state index in [1.807, 2.05) is 6.92 Å². The van der Waals surface area contributed by atoms with Crippen molar-refractivity contribution in [1.29, 1.82) is 0 Å². The molecular weight excluding hydrogens is 292 g/mol. The lowest BCUT2D eigenvalue weighted by Gasteiger charge is -2.31. The number of aromatic carboxylic acids is 1. The van der Waals surface area contributed by atoms with Crippen LogP contribution >= 0.6 is 11.6 Å². The molecule has 0 spiro atoms. The molecule has 21 heavy (non-hydrogen) atoms. The van der Waals surface area contributed by atoms with E-state index in [1.54, 1.807) is 4.90 Å². The van der Waals surface area contributed by atoms with Crippen molar-refractivity contribution < 1.29 is 14.7 Å². The number of amides is 2. The largest absolute Gasteiger partial charge is 0.478 e. The van der Waals surface area contributed by atoms with E-state index in [0.29, 0.717) is 23.2 Å². The third-order valence-corrected chi connectivity index (χ3v) is 4.16. The Hall–Kier alpha value is -1.75. The standard InChI is InChI=1S/C15H19ClN2O3/c1-2-18(9-10-4-3-5-10)15(21)17-13-8-11(14(19)20)6-7-12(13)16/h6-8,10H,2-5,9H2,1H3,(H,17,21)(H,19,20). The van der Waals surface area contributed by atoms with Gasteiger partial charge in [0, 0.05) is 13.1 Å². The molecule has 0 atom stereocenters. The van der Waals surface area contributed by atoms with Crippen LogP contribution in [-0.4, -0.2) is 35.1 Å². The molecule has 2 N–H and O–H groups in total. The van der Waals surface area contributed by atoms with Gasteiger partial charge in [-0.15, -0.1) is 0 Å². The maximum absolute atomic E-state index is 12.3. The van der Waals surface area contributed by atoms with Gasteiger partial charge in [-0.3, -0.25) is 0 Å². The number of carboxylic acids is 1. The van der Waals surface area contributed by atoms with Crippen molar-refractivity contribution in [1.82, 2.24) is 4.90 Å². The number of hydrogen-bond acceptors (Lipinski definition) is 2. The zero-order chi connectivity index (χ0) is 15.4. The zero-order valence-electron chi connectivity index (χ0n) is 11.9. The van der Waals surface area contributed by atoms with Crippen LogP contribution in [-0.2, 0) is 0 Å². The summed E-state index contributed by atoms with van der Waals surface area (Å²) in [7, 11) is 0. The fourth-order valence-corrected chi connectivity index (χ4v) is 2.46. The lowest BCUT2D eigenvalue weighted by atomic mass is 9.85. The monoisotopic (exact) mass is 310 g/mol. The fourth-order valence-electron chi connectivity index (χ4n) is 2.29. The number of nitrogens with one attached hydrogen (secondary N) is 1. The number of hydrogen-bond donors (Lipinski definition) is 2. The van der Waals surface area contributed by atoms with Crippen LogP contribution in [0, 0.1) is 5.92 Å². The van der Waals surface area contributed by atoms with E-state index in [4.69, 9.17) is 16.7 Å². The van der Waals surface area contributed by atoms with Gasteiger partial charge < -0.3 is 15.3 Å². The van der Waals surface area contributed by atoms with Crippen molar-refractivity contribution in [2.75, 3.05) is 18.4 Å². The second-order valence-electron chi connectivity index (χ2n) is 5.27. The highest BCUT2D eigenvalue weighted by Crippen LogP contribution is 2.28. The Kier molecular flexibility index (Phi) is 5.07. The van der Waals surface area contributed by atoms with Gasteiger partial charge in [0.05, 0.1) is 16.3 Å².